The molecule has 0 saturated carbocycles. The average Bonchev–Trinajstić information content (AvgIpc) is 1.61. The fraction of sp³-hybridized carbons (Fsp3) is 0.500. The molecule has 54 valence electrons. The van der Waals surface area contributed by atoms with E-state index in [-0.39, 0.29) is 34.4 Å². The van der Waals surface area contributed by atoms with E-state index in [4.69, 9.17) is 0 Å². The van der Waals surface area contributed by atoms with Gasteiger partial charge >= 0.3 is 21.1 Å². The second-order valence-electron chi connectivity index (χ2n) is 1.34. The fourth-order valence-electron chi connectivity index (χ4n) is 0.264. The minimum absolute atomic E-state index is 0. The summed E-state index contributed by atoms with van der Waals surface area (Å²) in [4.78, 5) is 10.1. The summed E-state index contributed by atoms with van der Waals surface area (Å²) in [5.41, 5.74) is 0. The molecule has 0 fully saturated rings. The molecule has 9 heavy (non-hydrogen) atoms. The summed E-state index contributed by atoms with van der Waals surface area (Å²) in [5, 5.41) is 2.59. The molecule has 0 aliphatic carbocycles. The molecular weight excluding hydrogens is 286 g/mol. The van der Waals surface area contributed by atoms with Crippen LogP contribution in [0.4, 0.5) is 0 Å². The van der Waals surface area contributed by atoms with Crippen molar-refractivity contribution in [2.75, 3.05) is 6.54 Å². The third-order valence-corrected chi connectivity index (χ3v) is 0.551. The van der Waals surface area contributed by atoms with Gasteiger partial charge in [0, 0.05) is 6.92 Å². The van der Waals surface area contributed by atoms with Crippen LogP contribution in [-0.4, -0.2) is 12.5 Å². The van der Waals surface area contributed by atoms with E-state index >= 15 is 0 Å². The summed E-state index contributed by atoms with van der Waals surface area (Å²) in [5.74, 6) is 0.0173. The summed E-state index contributed by atoms with van der Waals surface area (Å²) in [6.45, 7) is 5.73. The smallest absolute Gasteiger partial charge is 0.359 e. The van der Waals surface area contributed by atoms with Crippen LogP contribution in [0.1, 0.15) is 13.3 Å². The first kappa shape index (κ1) is 16.1. The number of hydrogen-bond acceptors (Lipinski definition) is 1. The standard InChI is InChI=1S/C5H10NO.CH3.W/c1-3-4-6-5(2)7;;/h1,3-4H2,2H3,(H,6,7);1H3;/q2*-1;+2. The van der Waals surface area contributed by atoms with Gasteiger partial charge in [-0.1, -0.05) is 0 Å². The monoisotopic (exact) mass is 299 g/mol. The summed E-state index contributed by atoms with van der Waals surface area (Å²) in [6, 6.07) is 0. The molecule has 3 heteroatoms. The van der Waals surface area contributed by atoms with Crippen LogP contribution in [0.25, 0.3) is 0 Å². The largest absolute Gasteiger partial charge is 2.00 e. The predicted molar refractivity (Wildman–Crippen MR) is 35.1 cm³/mol. The van der Waals surface area contributed by atoms with Crippen molar-refractivity contribution >= 4 is 5.91 Å². The van der Waals surface area contributed by atoms with E-state index in [0.717, 1.165) is 6.42 Å². The Hall–Kier alpha value is 0.158. The molecule has 2 nitrogen and oxygen atoms in total. The molecule has 0 bridgehead atoms. The zero-order chi connectivity index (χ0) is 5.70. The molecule has 0 aromatic rings. The van der Waals surface area contributed by atoms with E-state index < -0.39 is 0 Å². The molecule has 0 aromatic heterocycles. The van der Waals surface area contributed by atoms with Crippen molar-refractivity contribution in [3.05, 3.63) is 14.4 Å². The van der Waals surface area contributed by atoms with E-state index in [1.807, 2.05) is 0 Å². The molecule has 0 saturated heterocycles. The zero-order valence-corrected chi connectivity index (χ0v) is 8.87. The number of hydrogen-bond donors (Lipinski definition) is 1. The number of rotatable bonds is 2. The third kappa shape index (κ3) is 17.9. The average molecular weight is 299 g/mol. The number of carbonyl (C=O) groups excluding carboxylic acids is 1. The summed E-state index contributed by atoms with van der Waals surface area (Å²) < 4.78 is 0. The van der Waals surface area contributed by atoms with Crippen molar-refractivity contribution in [1.82, 2.24) is 5.32 Å². The molecule has 0 heterocycles. The Bertz CT molecular complexity index is 66.1. The maximum atomic E-state index is 10.1. The minimum Gasteiger partial charge on any atom is -0.359 e. The molecule has 1 amide bonds. The zero-order valence-electron chi connectivity index (χ0n) is 5.94. The molecule has 0 aromatic carbocycles. The van der Waals surface area contributed by atoms with Crippen molar-refractivity contribution in [3.63, 3.8) is 0 Å². The van der Waals surface area contributed by atoms with Crippen LogP contribution in [0, 0.1) is 14.4 Å². The van der Waals surface area contributed by atoms with Crippen LogP contribution in [0.15, 0.2) is 0 Å². The summed E-state index contributed by atoms with van der Waals surface area (Å²) >= 11 is 0. The van der Waals surface area contributed by atoms with Crippen LogP contribution >= 0.6 is 0 Å². The van der Waals surface area contributed by atoms with E-state index in [1.54, 1.807) is 0 Å². The van der Waals surface area contributed by atoms with Gasteiger partial charge in [0.25, 0.3) is 0 Å². The van der Waals surface area contributed by atoms with Crippen molar-refractivity contribution in [3.8, 4) is 0 Å². The first-order chi connectivity index (χ1) is 3.27. The van der Waals surface area contributed by atoms with E-state index in [0.29, 0.717) is 6.54 Å². The van der Waals surface area contributed by atoms with Gasteiger partial charge in [-0.05, 0) is 6.54 Å². The molecule has 0 unspecified atom stereocenters. The molecular formula is C6H13NOW. The molecule has 0 spiro atoms. The van der Waals surface area contributed by atoms with Crippen molar-refractivity contribution in [2.24, 2.45) is 0 Å². The Morgan fingerprint density at radius 2 is 2.11 bits per heavy atom. The van der Waals surface area contributed by atoms with Gasteiger partial charge in [0.2, 0.25) is 5.91 Å². The maximum absolute atomic E-state index is 10.1. The summed E-state index contributed by atoms with van der Waals surface area (Å²) in [6.07, 6.45) is 0.763. The molecule has 0 atom stereocenters. The van der Waals surface area contributed by atoms with E-state index in [2.05, 4.69) is 12.2 Å². The van der Waals surface area contributed by atoms with Crippen LogP contribution in [0.5, 0.6) is 0 Å². The summed E-state index contributed by atoms with van der Waals surface area (Å²) in [7, 11) is 0. The molecule has 0 aliphatic rings. The van der Waals surface area contributed by atoms with Gasteiger partial charge < -0.3 is 19.7 Å². The van der Waals surface area contributed by atoms with Crippen LogP contribution in [0.3, 0.4) is 0 Å². The third-order valence-electron chi connectivity index (χ3n) is 0.551. The quantitative estimate of drug-likeness (QED) is 0.751. The Morgan fingerprint density at radius 3 is 2.22 bits per heavy atom. The van der Waals surface area contributed by atoms with E-state index in [1.165, 1.54) is 6.92 Å². The second kappa shape index (κ2) is 11.0. The van der Waals surface area contributed by atoms with Crippen LogP contribution < -0.4 is 5.32 Å². The number of nitrogens with one attached hydrogen (secondary N) is 1. The van der Waals surface area contributed by atoms with Gasteiger partial charge in [0.1, 0.15) is 0 Å². The number of carbonyl (C=O) groups is 1. The van der Waals surface area contributed by atoms with Gasteiger partial charge in [0.05, 0.1) is 0 Å². The van der Waals surface area contributed by atoms with Crippen LogP contribution in [0.2, 0.25) is 0 Å². The SMILES string of the molecule is [CH2-]CCNC(C)=O.[CH3-].[W+2]. The van der Waals surface area contributed by atoms with Crippen LogP contribution in [-0.2, 0) is 25.9 Å². The molecule has 0 aliphatic heterocycles. The van der Waals surface area contributed by atoms with Crippen molar-refractivity contribution < 1.29 is 25.9 Å². The Morgan fingerprint density at radius 1 is 1.67 bits per heavy atom. The Kier molecular flexibility index (Phi) is 19.7. The van der Waals surface area contributed by atoms with Gasteiger partial charge in [0.15, 0.2) is 0 Å². The van der Waals surface area contributed by atoms with Gasteiger partial charge in [-0.15, -0.1) is 0 Å². The molecule has 0 radical (unpaired) electrons. The molecule has 0 rings (SSSR count). The van der Waals surface area contributed by atoms with Gasteiger partial charge in [-0.3, -0.25) is 4.79 Å². The minimum atomic E-state index is 0. The number of amides is 1. The fourth-order valence-corrected chi connectivity index (χ4v) is 0.264. The van der Waals surface area contributed by atoms with Crippen molar-refractivity contribution in [2.45, 2.75) is 13.3 Å². The van der Waals surface area contributed by atoms with Gasteiger partial charge in [-0.25, -0.2) is 0 Å². The predicted octanol–water partition coefficient (Wildman–Crippen LogP) is 0.794. The first-order valence-corrected chi connectivity index (χ1v) is 2.31. The first-order valence-electron chi connectivity index (χ1n) is 2.31. The normalized spacial score (nSPS) is 6.44. The second-order valence-corrected chi connectivity index (χ2v) is 1.34. The van der Waals surface area contributed by atoms with Crippen molar-refractivity contribution in [1.29, 1.82) is 0 Å². The van der Waals surface area contributed by atoms with Gasteiger partial charge in [-0.2, -0.15) is 6.42 Å². The maximum Gasteiger partial charge on any atom is 2.00 e. The topological polar surface area (TPSA) is 29.1 Å². The Balaban J connectivity index is -0.000000180. The molecule has 1 N–H and O–H groups in total. The van der Waals surface area contributed by atoms with E-state index in [9.17, 15) is 4.79 Å². The Labute approximate surface area is 71.7 Å².